The van der Waals surface area contributed by atoms with Crippen LogP contribution in [0.1, 0.15) is 19.3 Å². The van der Waals surface area contributed by atoms with Gasteiger partial charge in [-0.2, -0.15) is 0 Å². The molecule has 0 aromatic carbocycles. The fourth-order valence-corrected chi connectivity index (χ4v) is 3.24. The largest absolute Gasteiger partial charge is 0.351 e. The standard InChI is InChI=1S/C12H19N3O2S/c1-18(16,17)11-6-4-7-14-12(11)15-8-3-2-5-10(15)9-13/h4,6-7,10H,2-3,5,8-9,13H2,1H3. The maximum atomic E-state index is 11.8. The van der Waals surface area contributed by atoms with Crippen molar-refractivity contribution >= 4 is 15.7 Å². The number of anilines is 1. The second-order valence-electron chi connectivity index (χ2n) is 4.68. The maximum Gasteiger partial charge on any atom is 0.179 e. The van der Waals surface area contributed by atoms with Crippen molar-refractivity contribution in [3.63, 3.8) is 0 Å². The molecule has 100 valence electrons. The van der Waals surface area contributed by atoms with Crippen LogP contribution in [0.15, 0.2) is 23.2 Å². The maximum absolute atomic E-state index is 11.8. The highest BCUT2D eigenvalue weighted by molar-refractivity contribution is 7.90. The van der Waals surface area contributed by atoms with Crippen LogP contribution >= 0.6 is 0 Å². The predicted octanol–water partition coefficient (Wildman–Crippen LogP) is 0.803. The minimum atomic E-state index is -3.26. The first-order chi connectivity index (χ1) is 8.54. The van der Waals surface area contributed by atoms with E-state index in [2.05, 4.69) is 4.98 Å². The summed E-state index contributed by atoms with van der Waals surface area (Å²) in [6.45, 7) is 1.35. The van der Waals surface area contributed by atoms with Crippen molar-refractivity contribution in [2.45, 2.75) is 30.2 Å². The third kappa shape index (κ3) is 2.64. The zero-order valence-corrected chi connectivity index (χ0v) is 11.4. The fourth-order valence-electron chi connectivity index (χ4n) is 2.41. The molecule has 1 unspecified atom stereocenters. The van der Waals surface area contributed by atoms with Gasteiger partial charge in [-0.3, -0.25) is 0 Å². The van der Waals surface area contributed by atoms with Crippen LogP contribution in [0.3, 0.4) is 0 Å². The Labute approximate surface area is 108 Å². The van der Waals surface area contributed by atoms with Crippen molar-refractivity contribution in [2.75, 3.05) is 24.2 Å². The summed E-state index contributed by atoms with van der Waals surface area (Å²) in [6, 6.07) is 3.45. The molecule has 5 nitrogen and oxygen atoms in total. The molecular formula is C12H19N3O2S. The molecule has 2 N–H and O–H groups in total. The average molecular weight is 269 g/mol. The summed E-state index contributed by atoms with van der Waals surface area (Å²) in [5.74, 6) is 0.551. The van der Waals surface area contributed by atoms with Crippen LogP contribution in [-0.2, 0) is 9.84 Å². The Morgan fingerprint density at radius 3 is 2.94 bits per heavy atom. The summed E-state index contributed by atoms with van der Waals surface area (Å²) < 4.78 is 23.6. The SMILES string of the molecule is CS(=O)(=O)c1cccnc1N1CCCCC1CN. The molecule has 1 atom stereocenters. The van der Waals surface area contributed by atoms with Crippen molar-refractivity contribution in [1.82, 2.24) is 4.98 Å². The summed E-state index contributed by atoms with van der Waals surface area (Å²) in [6.07, 6.45) is 6.03. The van der Waals surface area contributed by atoms with Gasteiger partial charge in [0.05, 0.1) is 0 Å². The van der Waals surface area contributed by atoms with E-state index >= 15 is 0 Å². The minimum Gasteiger partial charge on any atom is -0.351 e. The van der Waals surface area contributed by atoms with Gasteiger partial charge < -0.3 is 10.6 Å². The van der Waals surface area contributed by atoms with Gasteiger partial charge >= 0.3 is 0 Å². The number of aromatic nitrogens is 1. The molecule has 6 heteroatoms. The van der Waals surface area contributed by atoms with E-state index in [0.717, 1.165) is 25.8 Å². The first-order valence-corrected chi connectivity index (χ1v) is 8.05. The average Bonchev–Trinajstić information content (AvgIpc) is 2.37. The lowest BCUT2D eigenvalue weighted by atomic mass is 10.0. The first kappa shape index (κ1) is 13.3. The number of nitrogens with two attached hydrogens (primary N) is 1. The van der Waals surface area contributed by atoms with E-state index in [-0.39, 0.29) is 6.04 Å². The van der Waals surface area contributed by atoms with Crippen LogP contribution in [0.4, 0.5) is 5.82 Å². The summed E-state index contributed by atoms with van der Waals surface area (Å²) in [5, 5.41) is 0. The Morgan fingerprint density at radius 1 is 1.50 bits per heavy atom. The number of rotatable bonds is 3. The predicted molar refractivity (Wildman–Crippen MR) is 71.4 cm³/mol. The van der Waals surface area contributed by atoms with Gasteiger partial charge in [0.15, 0.2) is 9.84 Å². The Balaban J connectivity index is 2.43. The minimum absolute atomic E-state index is 0.189. The molecule has 1 aliphatic rings. The molecule has 1 aliphatic heterocycles. The van der Waals surface area contributed by atoms with E-state index in [1.54, 1.807) is 18.3 Å². The molecule has 0 bridgehead atoms. The van der Waals surface area contributed by atoms with E-state index < -0.39 is 9.84 Å². The van der Waals surface area contributed by atoms with Gasteiger partial charge in [0, 0.05) is 31.6 Å². The van der Waals surface area contributed by atoms with E-state index in [1.165, 1.54) is 6.26 Å². The molecule has 0 spiro atoms. The van der Waals surface area contributed by atoms with Crippen molar-refractivity contribution in [2.24, 2.45) is 5.73 Å². The van der Waals surface area contributed by atoms with Crippen molar-refractivity contribution in [3.05, 3.63) is 18.3 Å². The molecule has 0 aliphatic carbocycles. The normalized spacial score (nSPS) is 21.0. The van der Waals surface area contributed by atoms with Crippen LogP contribution < -0.4 is 10.6 Å². The summed E-state index contributed by atoms with van der Waals surface area (Å²) in [5.41, 5.74) is 5.77. The van der Waals surface area contributed by atoms with Crippen LogP contribution in [0, 0.1) is 0 Å². The Morgan fingerprint density at radius 2 is 2.28 bits per heavy atom. The molecular weight excluding hydrogens is 250 g/mol. The lowest BCUT2D eigenvalue weighted by Crippen LogP contribution is -2.45. The molecule has 2 heterocycles. The molecule has 2 rings (SSSR count). The van der Waals surface area contributed by atoms with Crippen molar-refractivity contribution in [3.8, 4) is 0 Å². The summed E-state index contributed by atoms with van der Waals surface area (Å²) in [7, 11) is -3.26. The molecule has 0 saturated carbocycles. The van der Waals surface area contributed by atoms with E-state index in [1.807, 2.05) is 4.90 Å². The molecule has 1 aromatic heterocycles. The lowest BCUT2D eigenvalue weighted by Gasteiger charge is -2.36. The van der Waals surface area contributed by atoms with Crippen LogP contribution in [0.25, 0.3) is 0 Å². The van der Waals surface area contributed by atoms with Gasteiger partial charge in [0.2, 0.25) is 0 Å². The topological polar surface area (TPSA) is 76.3 Å². The quantitative estimate of drug-likeness (QED) is 0.878. The zero-order chi connectivity index (χ0) is 13.2. The van der Waals surface area contributed by atoms with Gasteiger partial charge in [-0.05, 0) is 31.4 Å². The highest BCUT2D eigenvalue weighted by Gasteiger charge is 2.26. The van der Waals surface area contributed by atoms with Crippen LogP contribution in [0.2, 0.25) is 0 Å². The molecule has 18 heavy (non-hydrogen) atoms. The number of piperidine rings is 1. The number of hydrogen-bond acceptors (Lipinski definition) is 5. The second kappa shape index (κ2) is 5.24. The molecule has 1 saturated heterocycles. The van der Waals surface area contributed by atoms with E-state index in [0.29, 0.717) is 17.3 Å². The van der Waals surface area contributed by atoms with Crippen LogP contribution in [0.5, 0.6) is 0 Å². The Hall–Kier alpha value is -1.14. The highest BCUT2D eigenvalue weighted by atomic mass is 32.2. The molecule has 0 radical (unpaired) electrons. The van der Waals surface area contributed by atoms with E-state index in [9.17, 15) is 8.42 Å². The summed E-state index contributed by atoms with van der Waals surface area (Å²) >= 11 is 0. The van der Waals surface area contributed by atoms with Gasteiger partial charge in [-0.1, -0.05) is 0 Å². The van der Waals surface area contributed by atoms with Gasteiger partial charge in [-0.25, -0.2) is 13.4 Å². The molecule has 1 fully saturated rings. The molecule has 0 amide bonds. The first-order valence-electron chi connectivity index (χ1n) is 6.16. The zero-order valence-electron chi connectivity index (χ0n) is 10.5. The van der Waals surface area contributed by atoms with E-state index in [4.69, 9.17) is 5.73 Å². The van der Waals surface area contributed by atoms with Crippen LogP contribution in [-0.4, -0.2) is 38.8 Å². The highest BCUT2D eigenvalue weighted by Crippen LogP contribution is 2.28. The number of sulfone groups is 1. The monoisotopic (exact) mass is 269 g/mol. The van der Waals surface area contributed by atoms with Gasteiger partial charge in [0.1, 0.15) is 10.7 Å². The van der Waals surface area contributed by atoms with Gasteiger partial charge in [-0.15, -0.1) is 0 Å². The second-order valence-corrected chi connectivity index (χ2v) is 6.66. The van der Waals surface area contributed by atoms with Crippen molar-refractivity contribution < 1.29 is 8.42 Å². The lowest BCUT2D eigenvalue weighted by molar-refractivity contribution is 0.459. The number of nitrogens with zero attached hydrogens (tertiary/aromatic N) is 2. The number of pyridine rings is 1. The van der Waals surface area contributed by atoms with Gasteiger partial charge in [0.25, 0.3) is 0 Å². The Kier molecular flexibility index (Phi) is 3.87. The Bertz CT molecular complexity index is 516. The fraction of sp³-hybridized carbons (Fsp3) is 0.583. The smallest absolute Gasteiger partial charge is 0.179 e. The third-order valence-corrected chi connectivity index (χ3v) is 4.44. The molecule has 1 aromatic rings. The number of hydrogen-bond donors (Lipinski definition) is 1. The van der Waals surface area contributed by atoms with Crippen molar-refractivity contribution in [1.29, 1.82) is 0 Å². The third-order valence-electron chi connectivity index (χ3n) is 3.32. The summed E-state index contributed by atoms with van der Waals surface area (Å²) in [4.78, 5) is 6.60.